The predicted molar refractivity (Wildman–Crippen MR) is 91.6 cm³/mol. The lowest BCUT2D eigenvalue weighted by molar-refractivity contribution is -0.130. The van der Waals surface area contributed by atoms with Crippen molar-refractivity contribution in [3.8, 4) is 0 Å². The van der Waals surface area contributed by atoms with Crippen LogP contribution in [0.25, 0.3) is 0 Å². The molecule has 25 heavy (non-hydrogen) atoms. The number of carbonyl (C=O) groups is 1. The lowest BCUT2D eigenvalue weighted by atomic mass is 9.92. The smallest absolute Gasteiger partial charge is 0.279 e. The van der Waals surface area contributed by atoms with E-state index in [1.807, 2.05) is 13.8 Å². The van der Waals surface area contributed by atoms with Gasteiger partial charge in [0.2, 0.25) is 5.91 Å². The molecule has 2 atom stereocenters. The summed E-state index contributed by atoms with van der Waals surface area (Å²) in [6.45, 7) is 7.20. The van der Waals surface area contributed by atoms with Gasteiger partial charge in [0.1, 0.15) is 5.82 Å². The Morgan fingerprint density at radius 3 is 2.56 bits per heavy atom. The highest BCUT2D eigenvalue weighted by Gasteiger charge is 2.39. The highest BCUT2D eigenvalue weighted by molar-refractivity contribution is 7.87. The second-order valence-corrected chi connectivity index (χ2v) is 8.83. The molecule has 1 aromatic rings. The summed E-state index contributed by atoms with van der Waals surface area (Å²) in [5, 5.41) is 11.2. The Morgan fingerprint density at radius 2 is 2.04 bits per heavy atom. The number of amides is 1. The van der Waals surface area contributed by atoms with Gasteiger partial charge in [-0.2, -0.15) is 17.4 Å². The van der Waals surface area contributed by atoms with Crippen LogP contribution in [0.5, 0.6) is 0 Å². The van der Waals surface area contributed by atoms with Crippen LogP contribution in [0.4, 0.5) is 0 Å². The van der Waals surface area contributed by atoms with Crippen molar-refractivity contribution in [2.24, 2.45) is 11.8 Å². The van der Waals surface area contributed by atoms with Crippen molar-refractivity contribution in [2.75, 3.05) is 27.2 Å². The second kappa shape index (κ2) is 7.75. The van der Waals surface area contributed by atoms with Crippen molar-refractivity contribution < 1.29 is 13.2 Å². The average Bonchev–Trinajstić information content (AvgIpc) is 3.10. The van der Waals surface area contributed by atoms with Gasteiger partial charge in [0, 0.05) is 39.6 Å². The Hall–Kier alpha value is -1.59. The van der Waals surface area contributed by atoms with E-state index in [1.54, 1.807) is 16.5 Å². The Balaban J connectivity index is 2.00. The van der Waals surface area contributed by atoms with E-state index in [4.69, 9.17) is 0 Å². The zero-order valence-corrected chi connectivity index (χ0v) is 16.2. The van der Waals surface area contributed by atoms with E-state index in [2.05, 4.69) is 20.2 Å². The number of nitrogens with zero attached hydrogens (tertiary/aromatic N) is 6. The van der Waals surface area contributed by atoms with Crippen LogP contribution < -0.4 is 4.72 Å². The van der Waals surface area contributed by atoms with Crippen molar-refractivity contribution in [1.82, 2.24) is 34.1 Å². The summed E-state index contributed by atoms with van der Waals surface area (Å²) in [5.41, 5.74) is 0. The molecule has 2 heterocycles. The summed E-state index contributed by atoms with van der Waals surface area (Å²) in [5.74, 6) is 0.973. The number of nitrogens with one attached hydrogen (secondary N) is 1. The van der Waals surface area contributed by atoms with Crippen molar-refractivity contribution in [1.29, 1.82) is 0 Å². The number of carbonyl (C=O) groups excluding carboxylic acids is 1. The maximum atomic E-state index is 12.5. The summed E-state index contributed by atoms with van der Waals surface area (Å²) in [7, 11) is -0.565. The summed E-state index contributed by atoms with van der Waals surface area (Å²) in [6.07, 6.45) is 0.282. The maximum absolute atomic E-state index is 12.5. The standard InChI is InChI=1S/C14H27N7O3S/c1-10(2)12-8-20(9-13(12)16-25(23,24)19(4)5)14(22)6-7-21-11(3)15-17-18-21/h10,12-13,16H,6-9H2,1-5H3/t12-,13+/m0/s1. The predicted octanol–water partition coefficient (Wildman–Crippen LogP) is -0.749. The normalized spacial score (nSPS) is 21.5. The minimum absolute atomic E-state index is 0.0212. The molecule has 1 saturated heterocycles. The number of hydrogen-bond acceptors (Lipinski definition) is 6. The number of aromatic nitrogens is 4. The zero-order valence-electron chi connectivity index (χ0n) is 15.4. The largest absolute Gasteiger partial charge is 0.341 e. The molecule has 0 aromatic carbocycles. The van der Waals surface area contributed by atoms with Gasteiger partial charge in [-0.1, -0.05) is 13.8 Å². The maximum Gasteiger partial charge on any atom is 0.279 e. The number of rotatable bonds is 7. The van der Waals surface area contributed by atoms with Gasteiger partial charge in [-0.25, -0.2) is 4.68 Å². The minimum atomic E-state index is -3.54. The molecule has 0 unspecified atom stereocenters. The topological polar surface area (TPSA) is 113 Å². The Morgan fingerprint density at radius 1 is 1.36 bits per heavy atom. The molecule has 0 bridgehead atoms. The molecule has 11 heteroatoms. The van der Waals surface area contributed by atoms with Crippen molar-refractivity contribution >= 4 is 16.1 Å². The Kier molecular flexibility index (Phi) is 6.12. The molecule has 142 valence electrons. The van der Waals surface area contributed by atoms with Crippen LogP contribution in [0.1, 0.15) is 26.1 Å². The monoisotopic (exact) mass is 373 g/mol. The van der Waals surface area contributed by atoms with Crippen molar-refractivity contribution in [3.05, 3.63) is 5.82 Å². The van der Waals surface area contributed by atoms with Gasteiger partial charge in [0.05, 0.1) is 6.54 Å². The fraction of sp³-hybridized carbons (Fsp3) is 0.857. The summed E-state index contributed by atoms with van der Waals surface area (Å²) in [6, 6.07) is -0.286. The molecule has 1 fully saturated rings. The van der Waals surface area contributed by atoms with Gasteiger partial charge in [-0.05, 0) is 29.2 Å². The molecule has 0 spiro atoms. The SMILES string of the molecule is Cc1nnnn1CCC(=O)N1C[C@@H](NS(=O)(=O)N(C)C)[C@H](C(C)C)C1. The first-order valence-electron chi connectivity index (χ1n) is 8.32. The molecule has 1 amide bonds. The van der Waals surface area contributed by atoms with Gasteiger partial charge in [-0.3, -0.25) is 4.79 Å². The third-order valence-corrected chi connectivity index (χ3v) is 6.17. The molecular weight excluding hydrogens is 346 g/mol. The van der Waals surface area contributed by atoms with E-state index in [-0.39, 0.29) is 30.2 Å². The van der Waals surface area contributed by atoms with E-state index in [1.165, 1.54) is 14.1 Å². The minimum Gasteiger partial charge on any atom is -0.341 e. The number of tetrazole rings is 1. The first-order chi connectivity index (χ1) is 11.6. The molecule has 0 aliphatic carbocycles. The molecule has 0 radical (unpaired) electrons. The quantitative estimate of drug-likeness (QED) is 0.673. The second-order valence-electron chi connectivity index (χ2n) is 6.92. The van der Waals surface area contributed by atoms with E-state index < -0.39 is 10.2 Å². The summed E-state index contributed by atoms with van der Waals surface area (Å²) < 4.78 is 29.7. The van der Waals surface area contributed by atoms with E-state index in [0.717, 1.165) is 4.31 Å². The number of aryl methyl sites for hydroxylation is 2. The highest BCUT2D eigenvalue weighted by Crippen LogP contribution is 2.25. The van der Waals surface area contributed by atoms with Gasteiger partial charge in [-0.15, -0.1) is 5.10 Å². The van der Waals surface area contributed by atoms with Crippen LogP contribution in [0.15, 0.2) is 0 Å². The van der Waals surface area contributed by atoms with Crippen molar-refractivity contribution in [2.45, 2.75) is 39.8 Å². The van der Waals surface area contributed by atoms with Crippen LogP contribution in [0, 0.1) is 18.8 Å². The Labute approximate surface area is 148 Å². The lowest BCUT2D eigenvalue weighted by Crippen LogP contribution is -2.46. The molecule has 1 aromatic heterocycles. The van der Waals surface area contributed by atoms with Crippen molar-refractivity contribution in [3.63, 3.8) is 0 Å². The van der Waals surface area contributed by atoms with Crippen LogP contribution in [0.2, 0.25) is 0 Å². The van der Waals surface area contributed by atoms with Crippen LogP contribution in [-0.2, 0) is 21.5 Å². The molecule has 1 N–H and O–H groups in total. The molecule has 2 rings (SSSR count). The summed E-state index contributed by atoms with van der Waals surface area (Å²) in [4.78, 5) is 14.3. The van der Waals surface area contributed by atoms with E-state index in [9.17, 15) is 13.2 Å². The third kappa shape index (κ3) is 4.73. The van der Waals surface area contributed by atoms with Gasteiger partial charge in [0.25, 0.3) is 10.2 Å². The van der Waals surface area contributed by atoms with Gasteiger partial charge >= 0.3 is 0 Å². The summed E-state index contributed by atoms with van der Waals surface area (Å²) >= 11 is 0. The average molecular weight is 373 g/mol. The first-order valence-corrected chi connectivity index (χ1v) is 9.76. The van der Waals surface area contributed by atoms with E-state index in [0.29, 0.717) is 25.5 Å². The zero-order chi connectivity index (χ0) is 18.8. The van der Waals surface area contributed by atoms with Crippen LogP contribution in [-0.4, -0.2) is 77.0 Å². The fourth-order valence-electron chi connectivity index (χ4n) is 2.95. The molecule has 0 saturated carbocycles. The van der Waals surface area contributed by atoms with Gasteiger partial charge in [0.15, 0.2) is 0 Å². The van der Waals surface area contributed by atoms with E-state index >= 15 is 0 Å². The fourth-order valence-corrected chi connectivity index (χ4v) is 3.79. The first kappa shape index (κ1) is 19.7. The Bertz CT molecular complexity index is 701. The lowest BCUT2D eigenvalue weighted by Gasteiger charge is -2.24. The number of hydrogen-bond donors (Lipinski definition) is 1. The molecule has 1 aliphatic rings. The van der Waals surface area contributed by atoms with Crippen LogP contribution in [0.3, 0.4) is 0 Å². The number of likely N-dealkylation sites (tertiary alicyclic amines) is 1. The highest BCUT2D eigenvalue weighted by atomic mass is 32.2. The van der Waals surface area contributed by atoms with Crippen LogP contribution >= 0.6 is 0 Å². The van der Waals surface area contributed by atoms with Gasteiger partial charge < -0.3 is 4.90 Å². The molecule has 1 aliphatic heterocycles. The molecule has 10 nitrogen and oxygen atoms in total. The molecular formula is C14H27N7O3S. The third-order valence-electron chi connectivity index (χ3n) is 4.60.